The Balaban J connectivity index is 2.33. The van der Waals surface area contributed by atoms with Crippen molar-refractivity contribution in [3.8, 4) is 0 Å². The number of hydrogen-bond donors (Lipinski definition) is 1. The molecule has 0 spiro atoms. The smallest absolute Gasteiger partial charge is 0.347 e. The van der Waals surface area contributed by atoms with Crippen molar-refractivity contribution < 1.29 is 29.0 Å². The monoisotopic (exact) mass is 326 g/mol. The first-order valence-electron chi connectivity index (χ1n) is 6.66. The van der Waals surface area contributed by atoms with E-state index in [1.54, 1.807) is 0 Å². The first kappa shape index (κ1) is 18.2. The first-order chi connectivity index (χ1) is 10.5. The SMILES string of the molecule is CC(=O)SCCC(=O)OC(COCc1ccccc1)C(=O)O. The minimum atomic E-state index is -1.35. The van der Waals surface area contributed by atoms with Gasteiger partial charge in [-0.25, -0.2) is 4.79 Å². The van der Waals surface area contributed by atoms with Gasteiger partial charge in [-0.3, -0.25) is 9.59 Å². The molecule has 0 aliphatic rings. The van der Waals surface area contributed by atoms with Crippen LogP contribution < -0.4 is 0 Å². The summed E-state index contributed by atoms with van der Waals surface area (Å²) in [4.78, 5) is 33.3. The zero-order valence-electron chi connectivity index (χ0n) is 12.2. The van der Waals surface area contributed by atoms with E-state index in [-0.39, 0.29) is 30.5 Å². The van der Waals surface area contributed by atoms with Crippen LogP contribution in [0.2, 0.25) is 0 Å². The second-order valence-corrected chi connectivity index (χ2v) is 5.68. The Morgan fingerprint density at radius 1 is 1.23 bits per heavy atom. The van der Waals surface area contributed by atoms with E-state index in [0.717, 1.165) is 17.3 Å². The summed E-state index contributed by atoms with van der Waals surface area (Å²) < 4.78 is 10.1. The van der Waals surface area contributed by atoms with Crippen molar-refractivity contribution in [1.82, 2.24) is 0 Å². The molecule has 1 aromatic carbocycles. The Hall–Kier alpha value is -1.86. The third kappa shape index (κ3) is 7.80. The van der Waals surface area contributed by atoms with Gasteiger partial charge in [0.25, 0.3) is 0 Å². The molecule has 0 amide bonds. The second kappa shape index (κ2) is 9.97. The van der Waals surface area contributed by atoms with Crippen LogP contribution in [0, 0.1) is 0 Å². The van der Waals surface area contributed by atoms with E-state index in [0.29, 0.717) is 0 Å². The molecule has 1 atom stereocenters. The van der Waals surface area contributed by atoms with Crippen LogP contribution in [0.4, 0.5) is 0 Å². The number of thioether (sulfide) groups is 1. The number of benzene rings is 1. The minimum absolute atomic E-state index is 0.0211. The number of carboxylic acid groups (broad SMARTS) is 1. The Morgan fingerprint density at radius 2 is 1.91 bits per heavy atom. The molecule has 0 aliphatic carbocycles. The quantitative estimate of drug-likeness (QED) is 0.693. The lowest BCUT2D eigenvalue weighted by Crippen LogP contribution is -2.31. The normalized spacial score (nSPS) is 11.7. The molecule has 0 aromatic heterocycles. The number of carbonyl (C=O) groups excluding carboxylic acids is 2. The summed E-state index contributed by atoms with van der Waals surface area (Å²) in [5.41, 5.74) is 0.899. The van der Waals surface area contributed by atoms with Crippen LogP contribution in [-0.4, -0.2) is 40.6 Å². The van der Waals surface area contributed by atoms with Gasteiger partial charge < -0.3 is 14.6 Å². The molecule has 1 aromatic rings. The lowest BCUT2D eigenvalue weighted by Gasteiger charge is -2.14. The van der Waals surface area contributed by atoms with Crippen LogP contribution in [0.15, 0.2) is 30.3 Å². The average molecular weight is 326 g/mol. The molecule has 1 N–H and O–H groups in total. The molecule has 0 saturated carbocycles. The highest BCUT2D eigenvalue weighted by Gasteiger charge is 2.22. The Kier molecular flexibility index (Phi) is 8.24. The Bertz CT molecular complexity index is 502. The standard InChI is InChI=1S/C15H18O6S/c1-11(16)22-8-7-14(17)21-13(15(18)19)10-20-9-12-5-3-2-4-6-12/h2-6,13H,7-10H2,1H3,(H,18,19). The minimum Gasteiger partial charge on any atom is -0.478 e. The van der Waals surface area contributed by atoms with Gasteiger partial charge in [-0.2, -0.15) is 0 Å². The van der Waals surface area contributed by atoms with Crippen molar-refractivity contribution in [3.05, 3.63) is 35.9 Å². The van der Waals surface area contributed by atoms with Crippen LogP contribution in [0.5, 0.6) is 0 Å². The maximum absolute atomic E-state index is 11.5. The maximum atomic E-state index is 11.5. The molecule has 7 heteroatoms. The zero-order chi connectivity index (χ0) is 16.4. The topological polar surface area (TPSA) is 89.9 Å². The lowest BCUT2D eigenvalue weighted by molar-refractivity contribution is -0.168. The molecule has 1 rings (SSSR count). The predicted molar refractivity (Wildman–Crippen MR) is 81.4 cm³/mol. The molecular weight excluding hydrogens is 308 g/mol. The van der Waals surface area contributed by atoms with Gasteiger partial charge >= 0.3 is 11.9 Å². The second-order valence-electron chi connectivity index (χ2n) is 4.41. The highest BCUT2D eigenvalue weighted by Crippen LogP contribution is 2.07. The molecule has 6 nitrogen and oxygen atoms in total. The van der Waals surface area contributed by atoms with E-state index in [2.05, 4.69) is 0 Å². The molecule has 22 heavy (non-hydrogen) atoms. The fourth-order valence-corrected chi connectivity index (χ4v) is 2.07. The number of ether oxygens (including phenoxy) is 2. The van der Waals surface area contributed by atoms with Gasteiger partial charge in [0.1, 0.15) is 0 Å². The Morgan fingerprint density at radius 3 is 2.50 bits per heavy atom. The fraction of sp³-hybridized carbons (Fsp3) is 0.400. The van der Waals surface area contributed by atoms with Gasteiger partial charge in [0.15, 0.2) is 5.12 Å². The predicted octanol–water partition coefficient (Wildman–Crippen LogP) is 1.87. The number of esters is 1. The van der Waals surface area contributed by atoms with Crippen LogP contribution in [0.1, 0.15) is 18.9 Å². The van der Waals surface area contributed by atoms with E-state index in [4.69, 9.17) is 14.6 Å². The summed E-state index contributed by atoms with van der Waals surface area (Å²) in [6, 6.07) is 9.26. The summed E-state index contributed by atoms with van der Waals surface area (Å²) in [6.45, 7) is 1.41. The van der Waals surface area contributed by atoms with E-state index in [1.807, 2.05) is 30.3 Å². The third-order valence-electron chi connectivity index (χ3n) is 2.54. The number of rotatable bonds is 9. The molecule has 0 aliphatic heterocycles. The van der Waals surface area contributed by atoms with Gasteiger partial charge in [0.2, 0.25) is 6.10 Å². The number of hydrogen-bond acceptors (Lipinski definition) is 6. The van der Waals surface area contributed by atoms with E-state index < -0.39 is 18.0 Å². The number of carbonyl (C=O) groups is 3. The molecule has 0 fully saturated rings. The summed E-state index contributed by atoms with van der Waals surface area (Å²) in [5, 5.41) is 8.91. The molecule has 1 unspecified atom stereocenters. The average Bonchev–Trinajstić information content (AvgIpc) is 2.46. The summed E-state index contributed by atoms with van der Waals surface area (Å²) in [7, 11) is 0. The van der Waals surface area contributed by atoms with Crippen molar-refractivity contribution in [2.24, 2.45) is 0 Å². The van der Waals surface area contributed by atoms with E-state index in [1.165, 1.54) is 6.92 Å². The van der Waals surface area contributed by atoms with Crippen molar-refractivity contribution >= 4 is 28.8 Å². The summed E-state index contributed by atoms with van der Waals surface area (Å²) in [6.07, 6.45) is -1.37. The number of aliphatic carboxylic acids is 1. The maximum Gasteiger partial charge on any atom is 0.347 e. The summed E-state index contributed by atoms with van der Waals surface area (Å²) >= 11 is 0.992. The summed E-state index contributed by atoms with van der Waals surface area (Å²) in [5.74, 6) is -1.66. The zero-order valence-corrected chi connectivity index (χ0v) is 13.0. The van der Waals surface area contributed by atoms with Gasteiger partial charge in [-0.05, 0) is 5.56 Å². The van der Waals surface area contributed by atoms with Crippen molar-refractivity contribution in [1.29, 1.82) is 0 Å². The lowest BCUT2D eigenvalue weighted by atomic mass is 10.2. The molecule has 0 bridgehead atoms. The van der Waals surface area contributed by atoms with Gasteiger partial charge in [-0.15, -0.1) is 0 Å². The first-order valence-corrected chi connectivity index (χ1v) is 7.65. The Labute approximate surface area is 132 Å². The van der Waals surface area contributed by atoms with Gasteiger partial charge in [0, 0.05) is 12.7 Å². The van der Waals surface area contributed by atoms with Crippen molar-refractivity contribution in [2.45, 2.75) is 26.1 Å². The molecular formula is C15H18O6S. The van der Waals surface area contributed by atoms with Gasteiger partial charge in [0.05, 0.1) is 19.6 Å². The van der Waals surface area contributed by atoms with Crippen molar-refractivity contribution in [3.63, 3.8) is 0 Å². The molecule has 0 radical (unpaired) electrons. The highest BCUT2D eigenvalue weighted by molar-refractivity contribution is 8.13. The molecule has 120 valence electrons. The fourth-order valence-electron chi connectivity index (χ4n) is 1.51. The van der Waals surface area contributed by atoms with Gasteiger partial charge in [-0.1, -0.05) is 42.1 Å². The molecule has 0 heterocycles. The highest BCUT2D eigenvalue weighted by atomic mass is 32.2. The third-order valence-corrected chi connectivity index (χ3v) is 3.36. The van der Waals surface area contributed by atoms with Crippen LogP contribution >= 0.6 is 11.8 Å². The van der Waals surface area contributed by atoms with Crippen LogP contribution in [0.25, 0.3) is 0 Å². The van der Waals surface area contributed by atoms with E-state index >= 15 is 0 Å². The molecule has 0 saturated heterocycles. The van der Waals surface area contributed by atoms with Crippen LogP contribution in [-0.2, 0) is 30.5 Å². The van der Waals surface area contributed by atoms with Crippen molar-refractivity contribution in [2.75, 3.05) is 12.4 Å². The van der Waals surface area contributed by atoms with Crippen LogP contribution in [0.3, 0.4) is 0 Å². The largest absolute Gasteiger partial charge is 0.478 e. The van der Waals surface area contributed by atoms with E-state index in [9.17, 15) is 14.4 Å². The number of carboxylic acids is 1.